The van der Waals surface area contributed by atoms with E-state index < -0.39 is 0 Å². The van der Waals surface area contributed by atoms with E-state index in [0.29, 0.717) is 23.5 Å². The lowest BCUT2D eigenvalue weighted by molar-refractivity contribution is 0.953. The first kappa shape index (κ1) is 13.3. The van der Waals surface area contributed by atoms with Gasteiger partial charge in [0.1, 0.15) is 10.7 Å². The van der Waals surface area contributed by atoms with E-state index in [2.05, 4.69) is 9.97 Å². The molecule has 2 aromatic heterocycles. The highest BCUT2D eigenvalue weighted by molar-refractivity contribution is 7.17. The van der Waals surface area contributed by atoms with Gasteiger partial charge in [0, 0.05) is 23.2 Å². The summed E-state index contributed by atoms with van der Waals surface area (Å²) < 4.78 is 0. The smallest absolute Gasteiger partial charge is 0.260 e. The second-order valence-electron chi connectivity index (χ2n) is 4.65. The number of aromatic nitrogens is 2. The van der Waals surface area contributed by atoms with Gasteiger partial charge >= 0.3 is 0 Å². The Balaban J connectivity index is 2.18. The van der Waals surface area contributed by atoms with Gasteiger partial charge in [0.05, 0.1) is 5.39 Å². The zero-order valence-electron chi connectivity index (χ0n) is 10.9. The summed E-state index contributed by atoms with van der Waals surface area (Å²) in [6.45, 7) is 2.04. The summed E-state index contributed by atoms with van der Waals surface area (Å²) >= 11 is 7.19. The Morgan fingerprint density at radius 3 is 2.75 bits per heavy atom. The molecule has 1 N–H and O–H groups in total. The largest absolute Gasteiger partial charge is 0.310 e. The van der Waals surface area contributed by atoms with E-state index >= 15 is 0 Å². The fourth-order valence-electron chi connectivity index (χ4n) is 2.15. The standard InChI is InChI=1S/C15H13ClN2OS/c1-9-2-4-10(5-3-9)11-8-20-15-13(11)14(19)17-12(18-15)6-7-16/h2-5,8H,6-7H2,1H3,(H,17,18,19). The molecule has 0 radical (unpaired) electrons. The number of benzene rings is 1. The molecule has 0 aliphatic carbocycles. The maximum absolute atomic E-state index is 12.3. The summed E-state index contributed by atoms with van der Waals surface area (Å²) in [6, 6.07) is 8.15. The molecule has 5 heteroatoms. The number of rotatable bonds is 3. The van der Waals surface area contributed by atoms with Crippen molar-refractivity contribution in [3.05, 3.63) is 51.4 Å². The van der Waals surface area contributed by atoms with Gasteiger partial charge in [0.25, 0.3) is 5.56 Å². The summed E-state index contributed by atoms with van der Waals surface area (Å²) in [5.41, 5.74) is 3.09. The zero-order valence-corrected chi connectivity index (χ0v) is 12.5. The maximum Gasteiger partial charge on any atom is 0.260 e. The summed E-state index contributed by atoms with van der Waals surface area (Å²) in [5.74, 6) is 1.10. The van der Waals surface area contributed by atoms with Crippen LogP contribution in [0.4, 0.5) is 0 Å². The van der Waals surface area contributed by atoms with Gasteiger partial charge in [-0.15, -0.1) is 22.9 Å². The van der Waals surface area contributed by atoms with Gasteiger partial charge in [-0.25, -0.2) is 4.98 Å². The highest BCUT2D eigenvalue weighted by Crippen LogP contribution is 2.30. The number of nitrogens with zero attached hydrogens (tertiary/aromatic N) is 1. The molecule has 0 saturated heterocycles. The summed E-state index contributed by atoms with van der Waals surface area (Å²) in [4.78, 5) is 20.3. The van der Waals surface area contributed by atoms with Crippen LogP contribution in [-0.4, -0.2) is 15.8 Å². The number of fused-ring (bicyclic) bond motifs is 1. The van der Waals surface area contributed by atoms with Crippen LogP contribution >= 0.6 is 22.9 Å². The Morgan fingerprint density at radius 1 is 1.30 bits per heavy atom. The second-order valence-corrected chi connectivity index (χ2v) is 5.88. The number of hydrogen-bond acceptors (Lipinski definition) is 3. The lowest BCUT2D eigenvalue weighted by Crippen LogP contribution is -2.11. The first-order valence-corrected chi connectivity index (χ1v) is 7.74. The molecular weight excluding hydrogens is 292 g/mol. The average Bonchev–Trinajstić information content (AvgIpc) is 2.84. The van der Waals surface area contributed by atoms with E-state index in [0.717, 1.165) is 16.0 Å². The molecule has 3 rings (SSSR count). The van der Waals surface area contributed by atoms with Crippen molar-refractivity contribution in [3.8, 4) is 11.1 Å². The van der Waals surface area contributed by atoms with Crippen LogP contribution < -0.4 is 5.56 Å². The number of aryl methyl sites for hydroxylation is 2. The van der Waals surface area contributed by atoms with Gasteiger partial charge in [-0.05, 0) is 12.5 Å². The van der Waals surface area contributed by atoms with Crippen LogP contribution in [-0.2, 0) is 6.42 Å². The van der Waals surface area contributed by atoms with E-state index in [1.807, 2.05) is 36.6 Å². The van der Waals surface area contributed by atoms with Crippen LogP contribution in [0.1, 0.15) is 11.4 Å². The van der Waals surface area contributed by atoms with E-state index in [1.54, 1.807) is 0 Å². The number of aromatic amines is 1. The van der Waals surface area contributed by atoms with E-state index in [1.165, 1.54) is 16.9 Å². The normalized spacial score (nSPS) is 11.1. The average molecular weight is 305 g/mol. The molecule has 20 heavy (non-hydrogen) atoms. The lowest BCUT2D eigenvalue weighted by Gasteiger charge is -2.01. The van der Waals surface area contributed by atoms with Crippen LogP contribution in [0.5, 0.6) is 0 Å². The first-order valence-electron chi connectivity index (χ1n) is 6.32. The van der Waals surface area contributed by atoms with E-state index in [4.69, 9.17) is 11.6 Å². The molecule has 0 spiro atoms. The predicted octanol–water partition coefficient (Wildman–Crippen LogP) is 3.74. The summed E-state index contributed by atoms with van der Waals surface area (Å²) in [6.07, 6.45) is 0.574. The molecule has 2 heterocycles. The molecule has 0 aliphatic rings. The zero-order chi connectivity index (χ0) is 14.1. The molecular formula is C15H13ClN2OS. The number of nitrogens with one attached hydrogen (secondary N) is 1. The molecule has 0 bridgehead atoms. The van der Waals surface area contributed by atoms with Crippen molar-refractivity contribution >= 4 is 33.2 Å². The highest BCUT2D eigenvalue weighted by Gasteiger charge is 2.12. The van der Waals surface area contributed by atoms with Crippen molar-refractivity contribution in [2.24, 2.45) is 0 Å². The fraction of sp³-hybridized carbons (Fsp3) is 0.200. The van der Waals surface area contributed by atoms with Crippen LogP contribution in [0.25, 0.3) is 21.3 Å². The molecule has 0 unspecified atom stereocenters. The van der Waals surface area contributed by atoms with Gasteiger partial charge in [0.15, 0.2) is 0 Å². The molecule has 0 fully saturated rings. The number of H-pyrrole nitrogens is 1. The van der Waals surface area contributed by atoms with E-state index in [-0.39, 0.29) is 5.56 Å². The quantitative estimate of drug-likeness (QED) is 0.749. The van der Waals surface area contributed by atoms with Gasteiger partial charge in [0.2, 0.25) is 0 Å². The monoisotopic (exact) mass is 304 g/mol. The summed E-state index contributed by atoms with van der Waals surface area (Å²) in [5, 5.41) is 2.65. The third kappa shape index (κ3) is 2.37. The van der Waals surface area contributed by atoms with Crippen molar-refractivity contribution in [1.29, 1.82) is 0 Å². The molecule has 1 aromatic carbocycles. The second kappa shape index (κ2) is 5.38. The minimum absolute atomic E-state index is 0.0908. The van der Waals surface area contributed by atoms with E-state index in [9.17, 15) is 4.79 Å². The third-order valence-electron chi connectivity index (χ3n) is 3.19. The van der Waals surface area contributed by atoms with Crippen LogP contribution in [0.2, 0.25) is 0 Å². The van der Waals surface area contributed by atoms with Crippen molar-refractivity contribution in [3.63, 3.8) is 0 Å². The number of alkyl halides is 1. The predicted molar refractivity (Wildman–Crippen MR) is 84.8 cm³/mol. The topological polar surface area (TPSA) is 45.8 Å². The minimum atomic E-state index is -0.0908. The maximum atomic E-state index is 12.3. The Hall–Kier alpha value is -1.65. The van der Waals surface area contributed by atoms with Gasteiger partial charge in [-0.2, -0.15) is 0 Å². The van der Waals surface area contributed by atoms with Crippen molar-refractivity contribution in [2.45, 2.75) is 13.3 Å². The number of thiophene rings is 1. The molecule has 0 atom stereocenters. The molecule has 0 saturated carbocycles. The molecule has 102 valence electrons. The Labute approximate surface area is 125 Å². The SMILES string of the molecule is Cc1ccc(-c2csc3nc(CCCl)[nH]c(=O)c23)cc1. The van der Waals surface area contributed by atoms with Gasteiger partial charge < -0.3 is 4.98 Å². The highest BCUT2D eigenvalue weighted by atomic mass is 35.5. The van der Waals surface area contributed by atoms with Gasteiger partial charge in [-0.1, -0.05) is 29.8 Å². The minimum Gasteiger partial charge on any atom is -0.310 e. The van der Waals surface area contributed by atoms with Crippen molar-refractivity contribution < 1.29 is 0 Å². The lowest BCUT2D eigenvalue weighted by atomic mass is 10.1. The van der Waals surface area contributed by atoms with Crippen LogP contribution in [0, 0.1) is 6.92 Å². The Morgan fingerprint density at radius 2 is 2.05 bits per heavy atom. The van der Waals surface area contributed by atoms with Crippen molar-refractivity contribution in [2.75, 3.05) is 5.88 Å². The first-order chi connectivity index (χ1) is 9.69. The van der Waals surface area contributed by atoms with Crippen LogP contribution in [0.3, 0.4) is 0 Å². The molecule has 3 aromatic rings. The third-order valence-corrected chi connectivity index (χ3v) is 4.25. The number of halogens is 1. The Kier molecular flexibility index (Phi) is 3.59. The van der Waals surface area contributed by atoms with Crippen LogP contribution in [0.15, 0.2) is 34.4 Å². The van der Waals surface area contributed by atoms with Gasteiger partial charge in [-0.3, -0.25) is 4.79 Å². The van der Waals surface area contributed by atoms with Crippen molar-refractivity contribution in [1.82, 2.24) is 9.97 Å². The molecule has 0 aliphatic heterocycles. The summed E-state index contributed by atoms with van der Waals surface area (Å²) in [7, 11) is 0. The Bertz CT molecular complexity index is 805. The number of hydrogen-bond donors (Lipinski definition) is 1. The molecule has 3 nitrogen and oxygen atoms in total. The molecule has 0 amide bonds. The fourth-order valence-corrected chi connectivity index (χ4v) is 3.29.